The van der Waals surface area contributed by atoms with Crippen LogP contribution in [0.15, 0.2) is 0 Å². The summed E-state index contributed by atoms with van der Waals surface area (Å²) in [5.74, 6) is 1.05. The van der Waals surface area contributed by atoms with E-state index >= 15 is 0 Å². The zero-order chi connectivity index (χ0) is 13.2. The summed E-state index contributed by atoms with van der Waals surface area (Å²) in [4.78, 5) is 14.9. The van der Waals surface area contributed by atoms with Crippen molar-refractivity contribution in [2.24, 2.45) is 11.3 Å². The molecule has 18 heavy (non-hydrogen) atoms. The van der Waals surface area contributed by atoms with Crippen molar-refractivity contribution in [3.8, 4) is 0 Å². The van der Waals surface area contributed by atoms with Gasteiger partial charge in [-0.1, -0.05) is 26.7 Å². The molecule has 0 spiro atoms. The minimum absolute atomic E-state index is 0.119. The second-order valence-corrected chi connectivity index (χ2v) is 6.31. The first kappa shape index (κ1) is 13.9. The Hall–Kier alpha value is -0.570. The maximum atomic E-state index is 12.8. The fourth-order valence-corrected chi connectivity index (χ4v) is 3.78. The summed E-state index contributed by atoms with van der Waals surface area (Å²) in [6.07, 6.45) is 7.05. The van der Waals surface area contributed by atoms with E-state index in [1.807, 2.05) is 7.05 Å². The number of amides is 1. The first-order chi connectivity index (χ1) is 8.60. The van der Waals surface area contributed by atoms with Gasteiger partial charge >= 0.3 is 0 Å². The smallest absolute Gasteiger partial charge is 0.230 e. The second-order valence-electron chi connectivity index (χ2n) is 6.31. The molecule has 1 N–H and O–H groups in total. The summed E-state index contributed by atoms with van der Waals surface area (Å²) in [5, 5.41) is 3.37. The van der Waals surface area contributed by atoms with Crippen LogP contribution in [-0.2, 0) is 4.79 Å². The second kappa shape index (κ2) is 5.60. The highest BCUT2D eigenvalue weighted by Crippen LogP contribution is 2.35. The van der Waals surface area contributed by atoms with Gasteiger partial charge in [-0.05, 0) is 38.1 Å². The van der Waals surface area contributed by atoms with Gasteiger partial charge in [0.1, 0.15) is 0 Å². The monoisotopic (exact) mass is 252 g/mol. The molecule has 0 radical (unpaired) electrons. The number of nitrogens with zero attached hydrogens (tertiary/aromatic N) is 1. The topological polar surface area (TPSA) is 32.3 Å². The molecule has 0 aromatic carbocycles. The minimum atomic E-state index is -0.119. The van der Waals surface area contributed by atoms with E-state index in [4.69, 9.17) is 0 Å². The van der Waals surface area contributed by atoms with E-state index < -0.39 is 0 Å². The molecule has 3 unspecified atom stereocenters. The van der Waals surface area contributed by atoms with Crippen LogP contribution in [0.3, 0.4) is 0 Å². The fraction of sp³-hybridized carbons (Fsp3) is 0.933. The van der Waals surface area contributed by atoms with Crippen molar-refractivity contribution in [2.75, 3.05) is 20.1 Å². The van der Waals surface area contributed by atoms with E-state index in [9.17, 15) is 4.79 Å². The average Bonchev–Trinajstić information content (AvgIpc) is 2.87. The molecule has 2 aliphatic rings. The van der Waals surface area contributed by atoms with Crippen LogP contribution in [-0.4, -0.2) is 37.0 Å². The number of nitrogens with one attached hydrogen (secondary N) is 1. The summed E-state index contributed by atoms with van der Waals surface area (Å²) < 4.78 is 0. The zero-order valence-electron chi connectivity index (χ0n) is 12.2. The Labute approximate surface area is 111 Å². The number of carbonyl (C=O) groups excluding carboxylic acids is 1. The van der Waals surface area contributed by atoms with Gasteiger partial charge in [0.05, 0.1) is 5.41 Å². The first-order valence-corrected chi connectivity index (χ1v) is 7.59. The van der Waals surface area contributed by atoms with Crippen molar-refractivity contribution < 1.29 is 4.79 Å². The van der Waals surface area contributed by atoms with Crippen molar-refractivity contribution in [1.29, 1.82) is 0 Å². The van der Waals surface area contributed by atoms with Crippen molar-refractivity contribution in [3.63, 3.8) is 0 Å². The lowest BCUT2D eigenvalue weighted by molar-refractivity contribution is -0.143. The Kier molecular flexibility index (Phi) is 4.31. The largest absolute Gasteiger partial charge is 0.342 e. The predicted molar refractivity (Wildman–Crippen MR) is 74.4 cm³/mol. The van der Waals surface area contributed by atoms with Crippen molar-refractivity contribution in [2.45, 2.75) is 58.4 Å². The van der Waals surface area contributed by atoms with Gasteiger partial charge in [0.25, 0.3) is 0 Å². The van der Waals surface area contributed by atoms with E-state index in [-0.39, 0.29) is 5.41 Å². The van der Waals surface area contributed by atoms with Gasteiger partial charge in [0.15, 0.2) is 0 Å². The van der Waals surface area contributed by atoms with E-state index in [2.05, 4.69) is 24.1 Å². The highest BCUT2D eigenvalue weighted by molar-refractivity contribution is 5.83. The zero-order valence-corrected chi connectivity index (χ0v) is 12.2. The van der Waals surface area contributed by atoms with Crippen LogP contribution < -0.4 is 5.32 Å². The molecule has 0 aromatic rings. The van der Waals surface area contributed by atoms with Crippen LogP contribution in [0.4, 0.5) is 0 Å². The molecule has 1 heterocycles. The number of carbonyl (C=O) groups is 1. The SMILES string of the molecule is CCC1(C(=O)N(C)C2CCCCC2C)CCNC1. The first-order valence-electron chi connectivity index (χ1n) is 7.59. The van der Waals surface area contributed by atoms with Crippen LogP contribution >= 0.6 is 0 Å². The lowest BCUT2D eigenvalue weighted by Gasteiger charge is -2.40. The maximum absolute atomic E-state index is 12.8. The molecular formula is C15H28N2O. The van der Waals surface area contributed by atoms with Crippen LogP contribution in [0, 0.1) is 11.3 Å². The number of rotatable bonds is 3. The molecule has 104 valence electrons. The third-order valence-electron chi connectivity index (χ3n) is 5.26. The third kappa shape index (κ3) is 2.42. The number of hydrogen-bond donors (Lipinski definition) is 1. The highest BCUT2D eigenvalue weighted by Gasteiger charge is 2.43. The molecule has 1 saturated heterocycles. The standard InChI is InChI=1S/C15H28N2O/c1-4-15(9-10-16-11-15)14(18)17(3)13-8-6-5-7-12(13)2/h12-13,16H,4-11H2,1-3H3. The minimum Gasteiger partial charge on any atom is -0.342 e. The van der Waals surface area contributed by atoms with E-state index in [1.165, 1.54) is 25.7 Å². The average molecular weight is 252 g/mol. The maximum Gasteiger partial charge on any atom is 0.230 e. The summed E-state index contributed by atoms with van der Waals surface area (Å²) in [5.41, 5.74) is -0.119. The lowest BCUT2D eigenvalue weighted by Crippen LogP contribution is -2.50. The summed E-state index contributed by atoms with van der Waals surface area (Å²) in [6.45, 7) is 6.32. The van der Waals surface area contributed by atoms with Crippen molar-refractivity contribution in [1.82, 2.24) is 10.2 Å². The van der Waals surface area contributed by atoms with E-state index in [0.717, 1.165) is 25.9 Å². The van der Waals surface area contributed by atoms with Crippen LogP contribution in [0.1, 0.15) is 52.4 Å². The molecule has 0 bridgehead atoms. The van der Waals surface area contributed by atoms with E-state index in [1.54, 1.807) is 0 Å². The molecule has 1 saturated carbocycles. The summed E-state index contributed by atoms with van der Waals surface area (Å²) >= 11 is 0. The molecule has 2 rings (SSSR count). The Morgan fingerprint density at radius 3 is 2.67 bits per heavy atom. The molecule has 2 fully saturated rings. The van der Waals surface area contributed by atoms with Crippen molar-refractivity contribution in [3.05, 3.63) is 0 Å². The molecule has 3 nitrogen and oxygen atoms in total. The third-order valence-corrected chi connectivity index (χ3v) is 5.26. The van der Waals surface area contributed by atoms with Gasteiger partial charge in [-0.2, -0.15) is 0 Å². The normalized spacial score (nSPS) is 36.6. The Morgan fingerprint density at radius 1 is 1.39 bits per heavy atom. The van der Waals surface area contributed by atoms with Gasteiger partial charge in [0.2, 0.25) is 5.91 Å². The van der Waals surface area contributed by atoms with Crippen molar-refractivity contribution >= 4 is 5.91 Å². The molecule has 3 atom stereocenters. The fourth-order valence-electron chi connectivity index (χ4n) is 3.78. The Bertz CT molecular complexity index is 297. The highest BCUT2D eigenvalue weighted by atomic mass is 16.2. The summed E-state index contributed by atoms with van der Waals surface area (Å²) in [6, 6.07) is 0.468. The molecule has 1 aliphatic heterocycles. The quantitative estimate of drug-likeness (QED) is 0.836. The molecule has 1 aliphatic carbocycles. The van der Waals surface area contributed by atoms with Gasteiger partial charge in [0, 0.05) is 19.6 Å². The number of hydrogen-bond acceptors (Lipinski definition) is 2. The lowest BCUT2D eigenvalue weighted by atomic mass is 9.80. The van der Waals surface area contributed by atoms with Gasteiger partial charge < -0.3 is 10.2 Å². The van der Waals surface area contributed by atoms with E-state index in [0.29, 0.717) is 17.9 Å². The molecule has 1 amide bonds. The van der Waals surface area contributed by atoms with Gasteiger partial charge in [-0.25, -0.2) is 0 Å². The van der Waals surface area contributed by atoms with Crippen LogP contribution in [0.5, 0.6) is 0 Å². The molecule has 3 heteroatoms. The van der Waals surface area contributed by atoms with Gasteiger partial charge in [-0.15, -0.1) is 0 Å². The summed E-state index contributed by atoms with van der Waals surface area (Å²) in [7, 11) is 2.03. The molecule has 0 aromatic heterocycles. The molecular weight excluding hydrogens is 224 g/mol. The van der Waals surface area contributed by atoms with Crippen LogP contribution in [0.25, 0.3) is 0 Å². The van der Waals surface area contributed by atoms with Gasteiger partial charge in [-0.3, -0.25) is 4.79 Å². The Balaban J connectivity index is 2.07. The van der Waals surface area contributed by atoms with Crippen LogP contribution in [0.2, 0.25) is 0 Å². The Morgan fingerprint density at radius 2 is 2.11 bits per heavy atom. The predicted octanol–water partition coefficient (Wildman–Crippen LogP) is 2.41.